The molecule has 0 bridgehead atoms. The highest BCUT2D eigenvalue weighted by Crippen LogP contribution is 2.94. The van der Waals surface area contributed by atoms with Gasteiger partial charge in [-0.3, -0.25) is 4.79 Å². The van der Waals surface area contributed by atoms with Crippen molar-refractivity contribution in [3.8, 4) is 0 Å². The van der Waals surface area contributed by atoms with Crippen LogP contribution in [0.4, 0.5) is 0 Å². The first kappa shape index (κ1) is 12.1. The van der Waals surface area contributed by atoms with E-state index < -0.39 is 0 Å². The molecule has 92 valence electrons. The molecule has 0 spiro atoms. The second kappa shape index (κ2) is 2.42. The molecule has 2 unspecified atom stereocenters. The zero-order valence-corrected chi connectivity index (χ0v) is 12.1. The lowest BCUT2D eigenvalue weighted by atomic mass is 9.62. The predicted molar refractivity (Wildman–Crippen MR) is 67.2 cm³/mol. The van der Waals surface area contributed by atoms with E-state index in [1.807, 2.05) is 0 Å². The number of hydrogen-bond acceptors (Lipinski definition) is 1. The van der Waals surface area contributed by atoms with Crippen molar-refractivity contribution in [2.24, 2.45) is 27.1 Å². The molecule has 0 radical (unpaired) electrons. The van der Waals surface area contributed by atoms with Crippen molar-refractivity contribution >= 4 is 5.78 Å². The first-order valence-corrected chi connectivity index (χ1v) is 6.41. The molecule has 0 aromatic rings. The highest BCUT2D eigenvalue weighted by atomic mass is 16.2. The minimum Gasteiger partial charge on any atom is -0.298 e. The molecular formula is C15H26O. The monoisotopic (exact) mass is 222 g/mol. The van der Waals surface area contributed by atoms with E-state index in [-0.39, 0.29) is 27.1 Å². The molecule has 2 atom stereocenters. The molecule has 1 heteroatoms. The predicted octanol–water partition coefficient (Wildman–Crippen LogP) is 4.06. The van der Waals surface area contributed by atoms with Crippen LogP contribution in [0.15, 0.2) is 0 Å². The summed E-state index contributed by atoms with van der Waals surface area (Å²) in [6.07, 6.45) is 1.12. The van der Waals surface area contributed by atoms with E-state index >= 15 is 0 Å². The SMILES string of the molecule is CC(C)(C)C(C)(C)C12CC1(C(C)(C)C)C2=O. The standard InChI is InChI=1S/C15H26O/c1-11(2,3)13(7,8)15-9-14(15,10(15)16)12(4,5)6/h9H2,1-8H3. The van der Waals surface area contributed by atoms with Crippen LogP contribution in [0.3, 0.4) is 0 Å². The molecule has 2 aliphatic carbocycles. The van der Waals surface area contributed by atoms with Crippen molar-refractivity contribution in [2.45, 2.75) is 61.8 Å². The Labute approximate surface area is 100.0 Å². The number of ketones is 1. The van der Waals surface area contributed by atoms with Gasteiger partial charge in [-0.25, -0.2) is 0 Å². The minimum absolute atomic E-state index is 0.00347. The van der Waals surface area contributed by atoms with Gasteiger partial charge in [-0.15, -0.1) is 0 Å². The van der Waals surface area contributed by atoms with Crippen LogP contribution in [0.1, 0.15) is 61.8 Å². The number of hydrogen-bond donors (Lipinski definition) is 0. The third-order valence-corrected chi connectivity index (χ3v) is 6.07. The van der Waals surface area contributed by atoms with Crippen LogP contribution in [-0.2, 0) is 4.79 Å². The Hall–Kier alpha value is -0.330. The molecular weight excluding hydrogens is 196 g/mol. The number of fused-ring (bicyclic) bond motifs is 1. The summed E-state index contributed by atoms with van der Waals surface area (Å²) >= 11 is 0. The summed E-state index contributed by atoms with van der Waals surface area (Å²) in [5.74, 6) is 0.535. The first-order valence-electron chi connectivity index (χ1n) is 6.41. The van der Waals surface area contributed by atoms with Crippen LogP contribution in [0.25, 0.3) is 0 Å². The zero-order valence-electron chi connectivity index (χ0n) is 12.1. The van der Waals surface area contributed by atoms with Crippen molar-refractivity contribution < 1.29 is 4.79 Å². The summed E-state index contributed by atoms with van der Waals surface area (Å²) in [6, 6.07) is 0. The Morgan fingerprint density at radius 3 is 1.50 bits per heavy atom. The molecule has 0 aliphatic heterocycles. The maximum atomic E-state index is 12.3. The van der Waals surface area contributed by atoms with Gasteiger partial charge in [0, 0.05) is 10.8 Å². The molecule has 1 nitrogen and oxygen atoms in total. The van der Waals surface area contributed by atoms with E-state index in [9.17, 15) is 4.79 Å². The summed E-state index contributed by atoms with van der Waals surface area (Å²) in [4.78, 5) is 12.3. The summed E-state index contributed by atoms with van der Waals surface area (Å²) < 4.78 is 0. The van der Waals surface area contributed by atoms with Crippen LogP contribution in [0, 0.1) is 27.1 Å². The summed E-state index contributed by atoms with van der Waals surface area (Å²) in [5, 5.41) is 0. The number of rotatable bonds is 1. The highest BCUT2D eigenvalue weighted by molar-refractivity contribution is 6.17. The van der Waals surface area contributed by atoms with Gasteiger partial charge in [0.1, 0.15) is 5.78 Å². The van der Waals surface area contributed by atoms with Gasteiger partial charge in [0.15, 0.2) is 0 Å². The topological polar surface area (TPSA) is 17.1 Å². The van der Waals surface area contributed by atoms with E-state index in [1.54, 1.807) is 0 Å². The molecule has 0 amide bonds. The van der Waals surface area contributed by atoms with E-state index in [0.717, 1.165) is 6.42 Å². The van der Waals surface area contributed by atoms with Gasteiger partial charge in [0.05, 0.1) is 0 Å². The summed E-state index contributed by atoms with van der Waals surface area (Å²) in [6.45, 7) is 18.0. The first-order chi connectivity index (χ1) is 6.86. The fourth-order valence-electron chi connectivity index (χ4n) is 3.81. The smallest absolute Gasteiger partial charge is 0.148 e. The van der Waals surface area contributed by atoms with Crippen molar-refractivity contribution in [3.05, 3.63) is 0 Å². The van der Waals surface area contributed by atoms with Gasteiger partial charge >= 0.3 is 0 Å². The minimum atomic E-state index is -0.00347. The normalized spacial score (nSPS) is 38.4. The van der Waals surface area contributed by atoms with Crippen molar-refractivity contribution in [2.75, 3.05) is 0 Å². The summed E-state index contributed by atoms with van der Waals surface area (Å²) in [7, 11) is 0. The Bertz CT molecular complexity index is 364. The highest BCUT2D eigenvalue weighted by Gasteiger charge is 2.99. The number of carbonyl (C=O) groups excluding carboxylic acids is 1. The van der Waals surface area contributed by atoms with Crippen LogP contribution in [0.5, 0.6) is 0 Å². The molecule has 0 heterocycles. The fraction of sp³-hybridized carbons (Fsp3) is 0.933. The third-order valence-electron chi connectivity index (χ3n) is 6.07. The average molecular weight is 222 g/mol. The van der Waals surface area contributed by atoms with Gasteiger partial charge in [-0.05, 0) is 22.7 Å². The van der Waals surface area contributed by atoms with Gasteiger partial charge in [0.2, 0.25) is 0 Å². The maximum absolute atomic E-state index is 12.3. The van der Waals surface area contributed by atoms with Gasteiger partial charge in [-0.2, -0.15) is 0 Å². The van der Waals surface area contributed by atoms with Crippen LogP contribution < -0.4 is 0 Å². The Morgan fingerprint density at radius 1 is 0.875 bits per heavy atom. The van der Waals surface area contributed by atoms with Gasteiger partial charge < -0.3 is 0 Å². The van der Waals surface area contributed by atoms with Gasteiger partial charge in [-0.1, -0.05) is 55.4 Å². The molecule has 2 fully saturated rings. The molecule has 2 aliphatic rings. The number of carbonyl (C=O) groups is 1. The molecule has 2 saturated carbocycles. The second-order valence-electron chi connectivity index (χ2n) is 8.44. The molecule has 2 rings (SSSR count). The van der Waals surface area contributed by atoms with Crippen molar-refractivity contribution in [3.63, 3.8) is 0 Å². The fourth-order valence-corrected chi connectivity index (χ4v) is 3.81. The summed E-state index contributed by atoms with van der Waals surface area (Å²) in [5.41, 5.74) is 0.427. The Kier molecular flexibility index (Phi) is 1.83. The van der Waals surface area contributed by atoms with E-state index in [2.05, 4.69) is 55.4 Å². The van der Waals surface area contributed by atoms with Crippen molar-refractivity contribution in [1.29, 1.82) is 0 Å². The second-order valence-corrected chi connectivity index (χ2v) is 8.44. The number of Topliss-reactive ketones (excluding diaryl/α,β-unsaturated/α-hetero) is 1. The Morgan fingerprint density at radius 2 is 1.31 bits per heavy atom. The van der Waals surface area contributed by atoms with Crippen LogP contribution in [-0.4, -0.2) is 5.78 Å². The quantitative estimate of drug-likeness (QED) is 0.654. The van der Waals surface area contributed by atoms with Crippen LogP contribution in [0.2, 0.25) is 0 Å². The Balaban J connectivity index is 2.40. The largest absolute Gasteiger partial charge is 0.298 e. The molecule has 0 aromatic heterocycles. The maximum Gasteiger partial charge on any atom is 0.148 e. The van der Waals surface area contributed by atoms with E-state index in [1.165, 1.54) is 0 Å². The van der Waals surface area contributed by atoms with Crippen molar-refractivity contribution in [1.82, 2.24) is 0 Å². The van der Waals surface area contributed by atoms with E-state index in [4.69, 9.17) is 0 Å². The zero-order chi connectivity index (χ0) is 12.8. The lowest BCUT2D eigenvalue weighted by Gasteiger charge is -2.41. The molecule has 0 saturated heterocycles. The molecule has 16 heavy (non-hydrogen) atoms. The third kappa shape index (κ3) is 0.889. The van der Waals surface area contributed by atoms with Gasteiger partial charge in [0.25, 0.3) is 0 Å². The molecule has 0 aromatic carbocycles. The van der Waals surface area contributed by atoms with Crippen LogP contribution >= 0.6 is 0 Å². The van der Waals surface area contributed by atoms with E-state index in [0.29, 0.717) is 5.78 Å². The molecule has 0 N–H and O–H groups in total. The lowest BCUT2D eigenvalue weighted by Crippen LogP contribution is -2.36. The lowest BCUT2D eigenvalue weighted by molar-refractivity contribution is -0.121. The average Bonchev–Trinajstić information content (AvgIpc) is 2.83.